The second kappa shape index (κ2) is 7.23. The van der Waals surface area contributed by atoms with E-state index >= 15 is 0 Å². The predicted octanol–water partition coefficient (Wildman–Crippen LogP) is 4.20. The molecule has 2 saturated heterocycles. The van der Waals surface area contributed by atoms with Crippen LogP contribution in [0.15, 0.2) is 18.2 Å². The van der Waals surface area contributed by atoms with Crippen LogP contribution in [0.3, 0.4) is 0 Å². The van der Waals surface area contributed by atoms with Crippen molar-refractivity contribution in [3.63, 3.8) is 0 Å². The van der Waals surface area contributed by atoms with Crippen molar-refractivity contribution in [3.05, 3.63) is 29.6 Å². The van der Waals surface area contributed by atoms with Crippen LogP contribution >= 0.6 is 0 Å². The molecule has 31 heavy (non-hydrogen) atoms. The molecule has 3 aliphatic rings. The van der Waals surface area contributed by atoms with Crippen molar-refractivity contribution in [1.29, 1.82) is 5.26 Å². The van der Waals surface area contributed by atoms with Crippen molar-refractivity contribution in [2.75, 3.05) is 19.7 Å². The molecular weight excluding hydrogens is 392 g/mol. The number of ether oxygens (including phenoxy) is 2. The Morgan fingerprint density at radius 2 is 2.10 bits per heavy atom. The molecular formula is C24H30N4O3. The highest BCUT2D eigenvalue weighted by molar-refractivity contribution is 5.78. The first-order chi connectivity index (χ1) is 14.8. The fraction of sp³-hybridized carbons (Fsp3) is 0.625. The Labute approximate surface area is 182 Å². The van der Waals surface area contributed by atoms with E-state index in [1.165, 1.54) is 0 Å². The van der Waals surface area contributed by atoms with Gasteiger partial charge >= 0.3 is 6.09 Å². The standard InChI is InChI=1S/C24H30N4O3/c1-23(2,3)31-22(29)27-9-7-24(8-10-27)13-18(24)21-26-19-5-4-16(14-25)12-20(19)28(21)15-17-6-11-30-17/h4-5,12,17-18H,6-11,13,15H2,1-3H3/t17-,18?/m1/s1. The van der Waals surface area contributed by atoms with Gasteiger partial charge in [0.1, 0.15) is 11.4 Å². The van der Waals surface area contributed by atoms with Gasteiger partial charge in [-0.25, -0.2) is 9.78 Å². The van der Waals surface area contributed by atoms with Crippen LogP contribution in [0.25, 0.3) is 11.0 Å². The SMILES string of the molecule is CC(C)(C)OC(=O)N1CCC2(CC1)CC2c1nc2ccc(C#N)cc2n1C[C@H]1CCO1. The Morgan fingerprint density at radius 1 is 1.35 bits per heavy atom. The Kier molecular flexibility index (Phi) is 4.74. The predicted molar refractivity (Wildman–Crippen MR) is 116 cm³/mol. The first-order valence-corrected chi connectivity index (χ1v) is 11.3. The molecule has 0 N–H and O–H groups in total. The van der Waals surface area contributed by atoms with Crippen LogP contribution in [0.5, 0.6) is 0 Å². The van der Waals surface area contributed by atoms with Gasteiger partial charge in [0.05, 0.1) is 35.3 Å². The van der Waals surface area contributed by atoms with Gasteiger partial charge in [0.25, 0.3) is 0 Å². The summed E-state index contributed by atoms with van der Waals surface area (Å²) < 4.78 is 13.6. The summed E-state index contributed by atoms with van der Waals surface area (Å²) in [5, 5.41) is 9.35. The molecule has 1 aromatic carbocycles. The highest BCUT2D eigenvalue weighted by atomic mass is 16.6. The summed E-state index contributed by atoms with van der Waals surface area (Å²) in [6, 6.07) is 7.99. The zero-order valence-electron chi connectivity index (χ0n) is 18.6. The summed E-state index contributed by atoms with van der Waals surface area (Å²) in [6.45, 7) is 8.79. The molecule has 3 heterocycles. The Morgan fingerprint density at radius 3 is 2.71 bits per heavy atom. The normalized spacial score (nSPS) is 24.6. The molecule has 2 atom stereocenters. The van der Waals surface area contributed by atoms with E-state index in [9.17, 15) is 10.1 Å². The molecule has 3 fully saturated rings. The average molecular weight is 423 g/mol. The van der Waals surface area contributed by atoms with Crippen LogP contribution in [-0.2, 0) is 16.0 Å². The van der Waals surface area contributed by atoms with E-state index in [0.29, 0.717) is 11.5 Å². The number of aromatic nitrogens is 2. The lowest BCUT2D eigenvalue weighted by Gasteiger charge is -2.34. The number of rotatable bonds is 3. The molecule has 5 rings (SSSR count). The molecule has 164 valence electrons. The number of nitrogens with zero attached hydrogens (tertiary/aromatic N) is 4. The number of hydrogen-bond donors (Lipinski definition) is 0. The van der Waals surface area contributed by atoms with Crippen molar-refractivity contribution in [2.24, 2.45) is 5.41 Å². The number of likely N-dealkylation sites (tertiary alicyclic amines) is 1. The molecule has 7 nitrogen and oxygen atoms in total. The molecule has 1 aliphatic carbocycles. The Balaban J connectivity index is 1.36. The maximum atomic E-state index is 12.4. The molecule has 1 saturated carbocycles. The molecule has 2 aliphatic heterocycles. The van der Waals surface area contributed by atoms with Crippen LogP contribution in [0, 0.1) is 16.7 Å². The first-order valence-electron chi connectivity index (χ1n) is 11.3. The van der Waals surface area contributed by atoms with Crippen LogP contribution < -0.4 is 0 Å². The van der Waals surface area contributed by atoms with E-state index in [1.807, 2.05) is 43.9 Å². The van der Waals surface area contributed by atoms with Crippen molar-refractivity contribution in [2.45, 2.75) is 70.6 Å². The fourth-order valence-electron chi connectivity index (χ4n) is 5.03. The molecule has 0 bridgehead atoms. The van der Waals surface area contributed by atoms with Crippen LogP contribution in [0.2, 0.25) is 0 Å². The summed E-state index contributed by atoms with van der Waals surface area (Å²) in [5.41, 5.74) is 2.38. The zero-order valence-corrected chi connectivity index (χ0v) is 18.6. The second-order valence-corrected chi connectivity index (χ2v) is 10.3. The largest absolute Gasteiger partial charge is 0.444 e. The van der Waals surface area contributed by atoms with E-state index in [4.69, 9.17) is 14.5 Å². The van der Waals surface area contributed by atoms with E-state index < -0.39 is 5.60 Å². The monoisotopic (exact) mass is 422 g/mol. The first kappa shape index (κ1) is 20.3. The minimum atomic E-state index is -0.467. The van der Waals surface area contributed by atoms with E-state index in [0.717, 1.165) is 68.8 Å². The summed E-state index contributed by atoms with van der Waals surface area (Å²) in [6.07, 6.45) is 4.14. The number of amides is 1. The van der Waals surface area contributed by atoms with Crippen LogP contribution in [0.1, 0.15) is 63.8 Å². The van der Waals surface area contributed by atoms with Crippen LogP contribution in [0.4, 0.5) is 4.79 Å². The minimum absolute atomic E-state index is 0.210. The lowest BCUT2D eigenvalue weighted by atomic mass is 9.90. The van der Waals surface area contributed by atoms with Gasteiger partial charge in [0.2, 0.25) is 0 Å². The fourth-order valence-corrected chi connectivity index (χ4v) is 5.03. The lowest BCUT2D eigenvalue weighted by Crippen LogP contribution is -2.42. The summed E-state index contributed by atoms with van der Waals surface area (Å²) in [7, 11) is 0. The molecule has 2 aromatic rings. The van der Waals surface area contributed by atoms with Crippen molar-refractivity contribution < 1.29 is 14.3 Å². The third kappa shape index (κ3) is 3.78. The molecule has 1 unspecified atom stereocenters. The highest BCUT2D eigenvalue weighted by Crippen LogP contribution is 2.64. The number of fused-ring (bicyclic) bond motifs is 1. The van der Waals surface area contributed by atoms with Crippen molar-refractivity contribution in [1.82, 2.24) is 14.5 Å². The number of hydrogen-bond acceptors (Lipinski definition) is 5. The van der Waals surface area contributed by atoms with Crippen LogP contribution in [-0.4, -0.2) is 51.9 Å². The average Bonchev–Trinajstić information content (AvgIpc) is 3.25. The Hall–Kier alpha value is -2.59. The molecule has 1 aromatic heterocycles. The zero-order chi connectivity index (χ0) is 21.8. The Bertz CT molecular complexity index is 1050. The maximum Gasteiger partial charge on any atom is 0.410 e. The van der Waals surface area contributed by atoms with Gasteiger partial charge in [-0.3, -0.25) is 0 Å². The van der Waals surface area contributed by atoms with Gasteiger partial charge in [0.15, 0.2) is 0 Å². The summed E-state index contributed by atoms with van der Waals surface area (Å²) >= 11 is 0. The number of benzene rings is 1. The lowest BCUT2D eigenvalue weighted by molar-refractivity contribution is -0.0590. The van der Waals surface area contributed by atoms with E-state index in [1.54, 1.807) is 0 Å². The number of nitriles is 1. The minimum Gasteiger partial charge on any atom is -0.444 e. The topological polar surface area (TPSA) is 80.4 Å². The third-order valence-electron chi connectivity index (χ3n) is 7.00. The second-order valence-electron chi connectivity index (χ2n) is 10.3. The van der Waals surface area contributed by atoms with Gasteiger partial charge in [-0.1, -0.05) is 0 Å². The summed E-state index contributed by atoms with van der Waals surface area (Å²) in [4.78, 5) is 19.3. The van der Waals surface area contributed by atoms with Gasteiger partial charge in [-0.15, -0.1) is 0 Å². The van der Waals surface area contributed by atoms with Gasteiger partial charge in [0, 0.05) is 25.6 Å². The molecule has 7 heteroatoms. The van der Waals surface area contributed by atoms with E-state index in [-0.39, 0.29) is 17.6 Å². The van der Waals surface area contributed by atoms with Gasteiger partial charge in [-0.2, -0.15) is 5.26 Å². The van der Waals surface area contributed by atoms with Gasteiger partial charge in [-0.05, 0) is 70.1 Å². The quantitative estimate of drug-likeness (QED) is 0.740. The van der Waals surface area contributed by atoms with Crippen molar-refractivity contribution in [3.8, 4) is 6.07 Å². The van der Waals surface area contributed by atoms with Gasteiger partial charge < -0.3 is 18.9 Å². The number of carbonyl (C=O) groups is 1. The molecule has 1 spiro atoms. The highest BCUT2D eigenvalue weighted by Gasteiger charge is 2.58. The number of carbonyl (C=O) groups excluding carboxylic acids is 1. The molecule has 0 radical (unpaired) electrons. The third-order valence-corrected chi connectivity index (χ3v) is 7.00. The van der Waals surface area contributed by atoms with Crippen molar-refractivity contribution >= 4 is 17.1 Å². The number of imidazole rings is 1. The molecule has 1 amide bonds. The summed E-state index contributed by atoms with van der Waals surface area (Å²) in [5.74, 6) is 1.51. The smallest absolute Gasteiger partial charge is 0.410 e. The van der Waals surface area contributed by atoms with E-state index in [2.05, 4.69) is 10.6 Å². The maximum absolute atomic E-state index is 12.4. The number of piperidine rings is 1.